The number of hydrogen-bond donors (Lipinski definition) is 1. The largest absolute Gasteiger partial charge is 0.486 e. The van der Waals surface area contributed by atoms with E-state index in [1.807, 2.05) is 19.9 Å². The summed E-state index contributed by atoms with van der Waals surface area (Å²) in [5.41, 5.74) is 2.11. The maximum Gasteiger partial charge on any atom is 0.314 e. The molecular formula is C17H22O4. The Morgan fingerprint density at radius 1 is 1.10 bits per heavy atom. The standard InChI is InChI=1S/C17H22O4/c1-11-10-13(15-14(12(11)2)20-8-9-21-15)17(16(18)19)6-4-3-5-7-17/h10H,3-9H2,1-2H3,(H,18,19). The molecule has 0 unspecified atom stereocenters. The Balaban J connectivity index is 2.20. The molecule has 114 valence electrons. The highest BCUT2D eigenvalue weighted by Crippen LogP contribution is 2.49. The van der Waals surface area contributed by atoms with Crippen molar-refractivity contribution in [3.8, 4) is 11.5 Å². The fraction of sp³-hybridized carbons (Fsp3) is 0.588. The van der Waals surface area contributed by atoms with Crippen LogP contribution in [0.25, 0.3) is 0 Å². The second-order valence-electron chi connectivity index (χ2n) is 6.17. The minimum atomic E-state index is -0.818. The lowest BCUT2D eigenvalue weighted by atomic mass is 9.68. The molecule has 4 nitrogen and oxygen atoms in total. The number of aliphatic carboxylic acids is 1. The summed E-state index contributed by atoms with van der Waals surface area (Å²) >= 11 is 0. The number of rotatable bonds is 2. The number of hydrogen-bond acceptors (Lipinski definition) is 3. The summed E-state index contributed by atoms with van der Waals surface area (Å²) in [6.45, 7) is 5.02. The van der Waals surface area contributed by atoms with Gasteiger partial charge in [-0.2, -0.15) is 0 Å². The van der Waals surface area contributed by atoms with Crippen LogP contribution < -0.4 is 9.47 Å². The Hall–Kier alpha value is -1.71. The number of aryl methyl sites for hydroxylation is 1. The molecule has 1 aromatic rings. The van der Waals surface area contributed by atoms with E-state index >= 15 is 0 Å². The summed E-state index contributed by atoms with van der Waals surface area (Å²) in [6, 6.07) is 2.00. The van der Waals surface area contributed by atoms with Crippen molar-refractivity contribution in [1.29, 1.82) is 0 Å². The number of carboxylic acids is 1. The van der Waals surface area contributed by atoms with Crippen LogP contribution in [0.5, 0.6) is 11.5 Å². The Morgan fingerprint density at radius 2 is 1.71 bits per heavy atom. The van der Waals surface area contributed by atoms with Crippen LogP contribution >= 0.6 is 0 Å². The van der Waals surface area contributed by atoms with Crippen LogP contribution in [-0.2, 0) is 10.2 Å². The summed E-state index contributed by atoms with van der Waals surface area (Å²) in [5.74, 6) is 0.665. The summed E-state index contributed by atoms with van der Waals surface area (Å²) in [5, 5.41) is 9.91. The number of ether oxygens (including phenoxy) is 2. The summed E-state index contributed by atoms with van der Waals surface area (Å²) in [7, 11) is 0. The normalized spacial score (nSPS) is 20.1. The SMILES string of the molecule is Cc1cc(C2(C(=O)O)CCCCC2)c2c(c1C)OCCO2. The minimum absolute atomic E-state index is 0.484. The predicted molar refractivity (Wildman–Crippen MR) is 79.3 cm³/mol. The fourth-order valence-corrected chi connectivity index (χ4v) is 3.58. The summed E-state index contributed by atoms with van der Waals surface area (Å²) < 4.78 is 11.6. The molecule has 0 bridgehead atoms. The third kappa shape index (κ3) is 2.17. The van der Waals surface area contributed by atoms with Crippen molar-refractivity contribution in [2.75, 3.05) is 13.2 Å². The smallest absolute Gasteiger partial charge is 0.314 e. The molecule has 0 atom stereocenters. The molecule has 1 fully saturated rings. The van der Waals surface area contributed by atoms with E-state index in [-0.39, 0.29) is 0 Å². The van der Waals surface area contributed by atoms with Gasteiger partial charge in [0.05, 0.1) is 5.41 Å². The zero-order chi connectivity index (χ0) is 15.0. The van der Waals surface area contributed by atoms with E-state index in [1.54, 1.807) is 0 Å². The molecular weight excluding hydrogens is 268 g/mol. The molecule has 21 heavy (non-hydrogen) atoms. The van der Waals surface area contributed by atoms with Gasteiger partial charge in [0, 0.05) is 5.56 Å². The van der Waals surface area contributed by atoms with E-state index < -0.39 is 11.4 Å². The molecule has 0 saturated heterocycles. The van der Waals surface area contributed by atoms with Gasteiger partial charge >= 0.3 is 5.97 Å². The molecule has 0 amide bonds. The average Bonchev–Trinajstić information content (AvgIpc) is 2.51. The van der Waals surface area contributed by atoms with Gasteiger partial charge in [0.2, 0.25) is 0 Å². The Bertz CT molecular complexity index is 571. The monoisotopic (exact) mass is 290 g/mol. The van der Waals surface area contributed by atoms with Gasteiger partial charge in [0.1, 0.15) is 13.2 Å². The van der Waals surface area contributed by atoms with E-state index in [0.717, 1.165) is 41.7 Å². The maximum atomic E-state index is 12.1. The lowest BCUT2D eigenvalue weighted by Crippen LogP contribution is -2.39. The first-order valence-corrected chi connectivity index (χ1v) is 7.70. The molecule has 1 aromatic carbocycles. The molecule has 0 spiro atoms. The van der Waals surface area contributed by atoms with Gasteiger partial charge in [-0.15, -0.1) is 0 Å². The van der Waals surface area contributed by atoms with Crippen molar-refractivity contribution in [3.05, 3.63) is 22.8 Å². The van der Waals surface area contributed by atoms with Crippen LogP contribution in [0.3, 0.4) is 0 Å². The van der Waals surface area contributed by atoms with Crippen LogP contribution in [0.15, 0.2) is 6.07 Å². The lowest BCUT2D eigenvalue weighted by molar-refractivity contribution is -0.145. The van der Waals surface area contributed by atoms with Gasteiger partial charge in [-0.3, -0.25) is 4.79 Å². The third-order valence-corrected chi connectivity index (χ3v) is 4.95. The predicted octanol–water partition coefficient (Wildman–Crippen LogP) is 3.36. The molecule has 2 aliphatic rings. The van der Waals surface area contributed by atoms with Crippen molar-refractivity contribution in [3.63, 3.8) is 0 Å². The van der Waals surface area contributed by atoms with Gasteiger partial charge in [-0.05, 0) is 37.8 Å². The first-order valence-electron chi connectivity index (χ1n) is 7.70. The number of carboxylic acid groups (broad SMARTS) is 1. The second-order valence-corrected chi connectivity index (χ2v) is 6.17. The van der Waals surface area contributed by atoms with E-state index in [9.17, 15) is 9.90 Å². The fourth-order valence-electron chi connectivity index (χ4n) is 3.58. The number of fused-ring (bicyclic) bond motifs is 1. The first kappa shape index (κ1) is 14.2. The number of carbonyl (C=O) groups is 1. The van der Waals surface area contributed by atoms with Crippen LogP contribution in [0, 0.1) is 13.8 Å². The molecule has 1 aliphatic heterocycles. The van der Waals surface area contributed by atoms with E-state index in [2.05, 4.69) is 0 Å². The van der Waals surface area contributed by atoms with Gasteiger partial charge < -0.3 is 14.6 Å². The van der Waals surface area contributed by atoms with Gasteiger partial charge in [-0.25, -0.2) is 0 Å². The number of benzene rings is 1. The summed E-state index contributed by atoms with van der Waals surface area (Å²) in [4.78, 5) is 12.1. The van der Waals surface area contributed by atoms with Gasteiger partial charge in [0.15, 0.2) is 11.5 Å². The van der Waals surface area contributed by atoms with Crippen molar-refractivity contribution in [2.45, 2.75) is 51.4 Å². The molecule has 3 rings (SSSR count). The topological polar surface area (TPSA) is 55.8 Å². The molecule has 0 radical (unpaired) electrons. The Morgan fingerprint density at radius 3 is 2.33 bits per heavy atom. The highest BCUT2D eigenvalue weighted by Gasteiger charge is 2.44. The van der Waals surface area contributed by atoms with Gasteiger partial charge in [-0.1, -0.05) is 25.3 Å². The molecule has 1 aliphatic carbocycles. The zero-order valence-corrected chi connectivity index (χ0v) is 12.7. The first-order chi connectivity index (χ1) is 10.1. The highest BCUT2D eigenvalue weighted by molar-refractivity contribution is 5.83. The average molecular weight is 290 g/mol. The highest BCUT2D eigenvalue weighted by atomic mass is 16.6. The van der Waals surface area contributed by atoms with Crippen molar-refractivity contribution < 1.29 is 19.4 Å². The Kier molecular flexibility index (Phi) is 3.56. The Labute approximate surface area is 125 Å². The quantitative estimate of drug-likeness (QED) is 0.907. The summed E-state index contributed by atoms with van der Waals surface area (Å²) in [6.07, 6.45) is 4.38. The molecule has 4 heteroatoms. The van der Waals surface area contributed by atoms with E-state index in [0.29, 0.717) is 31.8 Å². The van der Waals surface area contributed by atoms with Crippen molar-refractivity contribution >= 4 is 5.97 Å². The third-order valence-electron chi connectivity index (χ3n) is 4.95. The molecule has 0 aromatic heterocycles. The van der Waals surface area contributed by atoms with Crippen LogP contribution in [-0.4, -0.2) is 24.3 Å². The molecule has 1 N–H and O–H groups in total. The lowest BCUT2D eigenvalue weighted by Gasteiger charge is -2.36. The van der Waals surface area contributed by atoms with E-state index in [1.165, 1.54) is 0 Å². The van der Waals surface area contributed by atoms with Crippen LogP contribution in [0.2, 0.25) is 0 Å². The minimum Gasteiger partial charge on any atom is -0.486 e. The zero-order valence-electron chi connectivity index (χ0n) is 12.7. The van der Waals surface area contributed by atoms with Crippen molar-refractivity contribution in [2.24, 2.45) is 0 Å². The van der Waals surface area contributed by atoms with Gasteiger partial charge in [0.25, 0.3) is 0 Å². The molecule has 1 saturated carbocycles. The molecule has 1 heterocycles. The van der Waals surface area contributed by atoms with E-state index in [4.69, 9.17) is 9.47 Å². The van der Waals surface area contributed by atoms with Crippen LogP contribution in [0.4, 0.5) is 0 Å². The van der Waals surface area contributed by atoms with Crippen molar-refractivity contribution in [1.82, 2.24) is 0 Å². The van der Waals surface area contributed by atoms with Crippen LogP contribution in [0.1, 0.15) is 48.8 Å². The second kappa shape index (κ2) is 5.24. The maximum absolute atomic E-state index is 12.1.